The van der Waals surface area contributed by atoms with E-state index >= 15 is 0 Å². The zero-order valence-electron chi connectivity index (χ0n) is 8.73. The standard InChI is InChI=1S/C9H16N2O3/c1-4-5-7(12)8-10-9(14-11-8)6(2)13-3/h6-7,12H,4-5H2,1-3H3. The molecule has 1 aromatic heterocycles. The summed E-state index contributed by atoms with van der Waals surface area (Å²) in [6, 6.07) is 0. The predicted octanol–water partition coefficient (Wildman–Crippen LogP) is 1.61. The van der Waals surface area contributed by atoms with E-state index in [1.54, 1.807) is 7.11 Å². The number of ether oxygens (including phenoxy) is 1. The van der Waals surface area contributed by atoms with Crippen molar-refractivity contribution in [2.45, 2.75) is 38.9 Å². The predicted molar refractivity (Wildman–Crippen MR) is 49.6 cm³/mol. The van der Waals surface area contributed by atoms with Gasteiger partial charge in [-0.1, -0.05) is 18.5 Å². The average Bonchev–Trinajstić information content (AvgIpc) is 2.66. The Labute approximate surface area is 83.1 Å². The van der Waals surface area contributed by atoms with Crippen molar-refractivity contribution in [3.8, 4) is 0 Å². The van der Waals surface area contributed by atoms with Crippen molar-refractivity contribution in [2.24, 2.45) is 0 Å². The summed E-state index contributed by atoms with van der Waals surface area (Å²) in [4.78, 5) is 4.05. The van der Waals surface area contributed by atoms with Gasteiger partial charge in [-0.2, -0.15) is 4.98 Å². The SMILES string of the molecule is CCCC(O)c1noc(C(C)OC)n1. The summed E-state index contributed by atoms with van der Waals surface area (Å²) in [5, 5.41) is 13.3. The van der Waals surface area contributed by atoms with Crippen molar-refractivity contribution in [1.29, 1.82) is 0 Å². The minimum Gasteiger partial charge on any atom is -0.385 e. The topological polar surface area (TPSA) is 68.4 Å². The first kappa shape index (κ1) is 11.1. The number of nitrogens with zero attached hydrogens (tertiary/aromatic N) is 2. The second-order valence-electron chi connectivity index (χ2n) is 3.17. The Morgan fingerprint density at radius 3 is 2.86 bits per heavy atom. The van der Waals surface area contributed by atoms with Gasteiger partial charge < -0.3 is 14.4 Å². The number of aliphatic hydroxyl groups is 1. The number of hydrogen-bond donors (Lipinski definition) is 1. The molecule has 5 nitrogen and oxygen atoms in total. The molecule has 0 aliphatic heterocycles. The monoisotopic (exact) mass is 200 g/mol. The maximum Gasteiger partial charge on any atom is 0.255 e. The number of rotatable bonds is 5. The maximum atomic E-state index is 9.56. The van der Waals surface area contributed by atoms with Gasteiger partial charge >= 0.3 is 0 Å². The summed E-state index contributed by atoms with van der Waals surface area (Å²) in [5.74, 6) is 0.739. The van der Waals surface area contributed by atoms with Crippen LogP contribution in [-0.2, 0) is 4.74 Å². The van der Waals surface area contributed by atoms with Crippen LogP contribution in [0.15, 0.2) is 4.52 Å². The third-order valence-electron chi connectivity index (χ3n) is 2.02. The molecule has 14 heavy (non-hydrogen) atoms. The molecule has 1 rings (SSSR count). The van der Waals surface area contributed by atoms with Crippen LogP contribution in [0.2, 0.25) is 0 Å². The molecule has 0 fully saturated rings. The van der Waals surface area contributed by atoms with Crippen LogP contribution in [0, 0.1) is 0 Å². The Balaban J connectivity index is 2.67. The quantitative estimate of drug-likeness (QED) is 0.782. The van der Waals surface area contributed by atoms with Crippen LogP contribution in [0.5, 0.6) is 0 Å². The van der Waals surface area contributed by atoms with Gasteiger partial charge in [0.15, 0.2) is 5.82 Å². The van der Waals surface area contributed by atoms with Gasteiger partial charge in [0.05, 0.1) is 0 Å². The summed E-state index contributed by atoms with van der Waals surface area (Å²) < 4.78 is 9.95. The van der Waals surface area contributed by atoms with Crippen LogP contribution in [0.1, 0.15) is 50.6 Å². The minimum atomic E-state index is -0.637. The van der Waals surface area contributed by atoms with Gasteiger partial charge in [0.1, 0.15) is 12.2 Å². The van der Waals surface area contributed by atoms with E-state index in [9.17, 15) is 5.11 Å². The second kappa shape index (κ2) is 5.07. The summed E-state index contributed by atoms with van der Waals surface area (Å²) in [7, 11) is 1.57. The fraction of sp³-hybridized carbons (Fsp3) is 0.778. The average molecular weight is 200 g/mol. The van der Waals surface area contributed by atoms with E-state index in [1.165, 1.54) is 0 Å². The molecule has 0 aromatic carbocycles. The highest BCUT2D eigenvalue weighted by Crippen LogP contribution is 2.18. The van der Waals surface area contributed by atoms with E-state index in [1.807, 2.05) is 13.8 Å². The van der Waals surface area contributed by atoms with Crippen LogP contribution >= 0.6 is 0 Å². The third-order valence-corrected chi connectivity index (χ3v) is 2.02. The number of aliphatic hydroxyl groups excluding tert-OH is 1. The molecular weight excluding hydrogens is 184 g/mol. The zero-order chi connectivity index (χ0) is 10.6. The van der Waals surface area contributed by atoms with E-state index in [-0.39, 0.29) is 6.10 Å². The Morgan fingerprint density at radius 2 is 2.29 bits per heavy atom. The van der Waals surface area contributed by atoms with Gasteiger partial charge in [-0.3, -0.25) is 0 Å². The lowest BCUT2D eigenvalue weighted by molar-refractivity contribution is 0.0885. The smallest absolute Gasteiger partial charge is 0.255 e. The van der Waals surface area contributed by atoms with E-state index < -0.39 is 6.10 Å². The van der Waals surface area contributed by atoms with Crippen molar-refractivity contribution < 1.29 is 14.4 Å². The summed E-state index contributed by atoms with van der Waals surface area (Å²) in [6.45, 7) is 3.80. The van der Waals surface area contributed by atoms with Crippen molar-refractivity contribution >= 4 is 0 Å². The summed E-state index contributed by atoms with van der Waals surface area (Å²) in [5.41, 5.74) is 0. The minimum absolute atomic E-state index is 0.231. The molecule has 0 aliphatic rings. The Kier molecular flexibility index (Phi) is 4.03. The van der Waals surface area contributed by atoms with E-state index in [4.69, 9.17) is 9.26 Å². The maximum absolute atomic E-state index is 9.56. The molecule has 0 saturated heterocycles. The zero-order valence-corrected chi connectivity index (χ0v) is 8.73. The molecule has 0 amide bonds. The van der Waals surface area contributed by atoms with Gasteiger partial charge in [0, 0.05) is 7.11 Å². The molecule has 5 heteroatoms. The summed E-state index contributed by atoms with van der Waals surface area (Å²) >= 11 is 0. The normalized spacial score (nSPS) is 15.4. The van der Waals surface area contributed by atoms with Crippen molar-refractivity contribution in [3.05, 3.63) is 11.7 Å². The largest absolute Gasteiger partial charge is 0.385 e. The lowest BCUT2D eigenvalue weighted by Crippen LogP contribution is -2.01. The molecule has 0 saturated carbocycles. The second-order valence-corrected chi connectivity index (χ2v) is 3.17. The molecule has 0 radical (unpaired) electrons. The summed E-state index contributed by atoms with van der Waals surface area (Å²) in [6.07, 6.45) is 0.650. The lowest BCUT2D eigenvalue weighted by atomic mass is 10.2. The first-order chi connectivity index (χ1) is 6.69. The molecule has 1 N–H and O–H groups in total. The van der Waals surface area contributed by atoms with Gasteiger partial charge in [-0.25, -0.2) is 0 Å². The first-order valence-corrected chi connectivity index (χ1v) is 4.73. The van der Waals surface area contributed by atoms with E-state index in [0.717, 1.165) is 6.42 Å². The Hall–Kier alpha value is -0.940. The molecule has 0 spiro atoms. The molecular formula is C9H16N2O3. The fourth-order valence-corrected chi connectivity index (χ4v) is 1.05. The highest BCUT2D eigenvalue weighted by atomic mass is 16.5. The van der Waals surface area contributed by atoms with Crippen molar-refractivity contribution in [3.63, 3.8) is 0 Å². The van der Waals surface area contributed by atoms with E-state index in [0.29, 0.717) is 18.1 Å². The number of hydrogen-bond acceptors (Lipinski definition) is 5. The van der Waals surface area contributed by atoms with Gasteiger partial charge in [0.2, 0.25) is 0 Å². The molecule has 0 aliphatic carbocycles. The van der Waals surface area contributed by atoms with Crippen molar-refractivity contribution in [1.82, 2.24) is 10.1 Å². The Bertz CT molecular complexity index is 275. The first-order valence-electron chi connectivity index (χ1n) is 4.73. The van der Waals surface area contributed by atoms with Gasteiger partial charge in [0.25, 0.3) is 5.89 Å². The number of aromatic nitrogens is 2. The van der Waals surface area contributed by atoms with Crippen LogP contribution in [0.4, 0.5) is 0 Å². The molecule has 1 heterocycles. The highest BCUT2D eigenvalue weighted by Gasteiger charge is 2.17. The van der Waals surface area contributed by atoms with Crippen LogP contribution < -0.4 is 0 Å². The van der Waals surface area contributed by atoms with Crippen molar-refractivity contribution in [2.75, 3.05) is 7.11 Å². The molecule has 80 valence electrons. The molecule has 2 atom stereocenters. The Morgan fingerprint density at radius 1 is 1.57 bits per heavy atom. The molecule has 2 unspecified atom stereocenters. The highest BCUT2D eigenvalue weighted by molar-refractivity contribution is 4.92. The lowest BCUT2D eigenvalue weighted by Gasteiger charge is -2.02. The molecule has 0 bridgehead atoms. The fourth-order valence-electron chi connectivity index (χ4n) is 1.05. The van der Waals surface area contributed by atoms with Gasteiger partial charge in [-0.15, -0.1) is 0 Å². The van der Waals surface area contributed by atoms with Crippen LogP contribution in [0.3, 0.4) is 0 Å². The van der Waals surface area contributed by atoms with E-state index in [2.05, 4.69) is 10.1 Å². The third kappa shape index (κ3) is 2.52. The molecule has 1 aromatic rings. The number of methoxy groups -OCH3 is 1. The van der Waals surface area contributed by atoms with Crippen LogP contribution in [-0.4, -0.2) is 22.4 Å². The van der Waals surface area contributed by atoms with Gasteiger partial charge in [-0.05, 0) is 13.3 Å². The van der Waals surface area contributed by atoms with Crippen LogP contribution in [0.25, 0.3) is 0 Å².